The Hall–Kier alpha value is -1.95. The van der Waals surface area contributed by atoms with E-state index in [1.54, 1.807) is 0 Å². The molecule has 2 N–H and O–H groups in total. The van der Waals surface area contributed by atoms with Crippen molar-refractivity contribution in [3.63, 3.8) is 0 Å². The van der Waals surface area contributed by atoms with Crippen LogP contribution in [0.25, 0.3) is 11.4 Å². The summed E-state index contributed by atoms with van der Waals surface area (Å²) in [6.45, 7) is 6.51. The third kappa shape index (κ3) is 2.90. The molecule has 6 nitrogen and oxygen atoms in total. The minimum absolute atomic E-state index is 0.476. The molecule has 1 aromatic heterocycles. The highest BCUT2D eigenvalue weighted by Gasteiger charge is 2.19. The summed E-state index contributed by atoms with van der Waals surface area (Å²) >= 11 is 0. The molecule has 1 fully saturated rings. The Labute approximate surface area is 124 Å². The summed E-state index contributed by atoms with van der Waals surface area (Å²) in [5, 5.41) is 12.2. The van der Waals surface area contributed by atoms with Gasteiger partial charge in [0.15, 0.2) is 5.82 Å². The van der Waals surface area contributed by atoms with Gasteiger partial charge in [-0.15, -0.1) is 5.10 Å². The van der Waals surface area contributed by atoms with Gasteiger partial charge in [-0.3, -0.25) is 0 Å². The number of nitrogens with zero attached hydrogens (tertiary/aromatic N) is 4. The number of nitrogen functional groups attached to an aromatic ring is 1. The first-order valence-corrected chi connectivity index (χ1v) is 7.36. The zero-order valence-electron chi connectivity index (χ0n) is 12.5. The number of hydrogen-bond donors (Lipinski definition) is 1. The van der Waals surface area contributed by atoms with Gasteiger partial charge in [-0.1, -0.05) is 6.07 Å². The normalized spacial score (nSPS) is 18.9. The molecule has 0 spiro atoms. The van der Waals surface area contributed by atoms with Crippen LogP contribution in [-0.4, -0.2) is 33.4 Å². The molecule has 1 atom stereocenters. The first-order chi connectivity index (χ1) is 10.1. The Bertz CT molecular complexity index is 631. The molecule has 0 amide bonds. The zero-order valence-corrected chi connectivity index (χ0v) is 12.5. The molecule has 1 saturated heterocycles. The van der Waals surface area contributed by atoms with E-state index in [0.29, 0.717) is 5.92 Å². The quantitative estimate of drug-likeness (QED) is 0.873. The van der Waals surface area contributed by atoms with E-state index in [0.717, 1.165) is 60.8 Å². The highest BCUT2D eigenvalue weighted by molar-refractivity contribution is 5.67. The lowest BCUT2D eigenvalue weighted by molar-refractivity contribution is 0.0470. The van der Waals surface area contributed by atoms with Crippen LogP contribution in [0.2, 0.25) is 0 Å². The van der Waals surface area contributed by atoms with E-state index in [2.05, 4.69) is 28.5 Å². The molecule has 0 bridgehead atoms. The monoisotopic (exact) mass is 287 g/mol. The van der Waals surface area contributed by atoms with Crippen LogP contribution in [0.5, 0.6) is 0 Å². The van der Waals surface area contributed by atoms with Gasteiger partial charge < -0.3 is 10.5 Å². The maximum absolute atomic E-state index is 6.03. The number of anilines is 1. The second-order valence-electron chi connectivity index (χ2n) is 5.79. The molecular formula is C15H21N5O. The Morgan fingerprint density at radius 3 is 2.95 bits per heavy atom. The number of ether oxygens (including phenoxy) is 1. The zero-order chi connectivity index (χ0) is 14.8. The van der Waals surface area contributed by atoms with Crippen LogP contribution in [0.4, 0.5) is 5.69 Å². The molecule has 21 heavy (non-hydrogen) atoms. The van der Waals surface area contributed by atoms with E-state index < -0.39 is 0 Å². The Morgan fingerprint density at radius 2 is 2.19 bits per heavy atom. The van der Waals surface area contributed by atoms with Crippen molar-refractivity contribution in [1.29, 1.82) is 0 Å². The van der Waals surface area contributed by atoms with Crippen molar-refractivity contribution in [2.45, 2.75) is 33.2 Å². The van der Waals surface area contributed by atoms with Gasteiger partial charge in [-0.05, 0) is 54.3 Å². The van der Waals surface area contributed by atoms with E-state index >= 15 is 0 Å². The van der Waals surface area contributed by atoms with Crippen molar-refractivity contribution in [3.8, 4) is 11.4 Å². The van der Waals surface area contributed by atoms with Gasteiger partial charge in [-0.2, -0.15) is 0 Å². The van der Waals surface area contributed by atoms with Crippen LogP contribution in [-0.2, 0) is 11.3 Å². The predicted molar refractivity (Wildman–Crippen MR) is 80.7 cm³/mol. The smallest absolute Gasteiger partial charge is 0.182 e. The maximum atomic E-state index is 6.03. The van der Waals surface area contributed by atoms with Crippen LogP contribution < -0.4 is 5.73 Å². The van der Waals surface area contributed by atoms with E-state index in [-0.39, 0.29) is 0 Å². The molecular weight excluding hydrogens is 266 g/mol. The average Bonchev–Trinajstić information content (AvgIpc) is 2.92. The standard InChI is InChI=1S/C15H21N5O/c1-10-6-11(2)14(16)7-13(10)15-17-18-19-20(15)8-12-4-3-5-21-9-12/h6-7,12H,3-5,8-9,16H2,1-2H3. The lowest BCUT2D eigenvalue weighted by atomic mass is 10.0. The second kappa shape index (κ2) is 5.81. The largest absolute Gasteiger partial charge is 0.398 e. The number of aromatic nitrogens is 4. The summed E-state index contributed by atoms with van der Waals surface area (Å²) in [6, 6.07) is 4.04. The summed E-state index contributed by atoms with van der Waals surface area (Å²) in [6.07, 6.45) is 2.27. The molecule has 3 rings (SSSR count). The molecule has 2 aromatic rings. The molecule has 1 unspecified atom stereocenters. The molecule has 1 aromatic carbocycles. The lowest BCUT2D eigenvalue weighted by Gasteiger charge is -2.22. The lowest BCUT2D eigenvalue weighted by Crippen LogP contribution is -2.23. The van der Waals surface area contributed by atoms with Crippen molar-refractivity contribution in [1.82, 2.24) is 20.2 Å². The molecule has 2 heterocycles. The number of benzene rings is 1. The van der Waals surface area contributed by atoms with Crippen LogP contribution in [0, 0.1) is 19.8 Å². The van der Waals surface area contributed by atoms with Gasteiger partial charge in [0.2, 0.25) is 0 Å². The molecule has 112 valence electrons. The van der Waals surface area contributed by atoms with Gasteiger partial charge in [0.25, 0.3) is 0 Å². The average molecular weight is 287 g/mol. The topological polar surface area (TPSA) is 78.8 Å². The van der Waals surface area contributed by atoms with Crippen LogP contribution in [0.1, 0.15) is 24.0 Å². The number of hydrogen-bond acceptors (Lipinski definition) is 5. The van der Waals surface area contributed by atoms with Crippen molar-refractivity contribution in [2.75, 3.05) is 18.9 Å². The van der Waals surface area contributed by atoms with Crippen LogP contribution in [0.15, 0.2) is 12.1 Å². The molecule has 0 aliphatic carbocycles. The summed E-state index contributed by atoms with van der Waals surface area (Å²) in [5.41, 5.74) is 10.0. The third-order valence-electron chi connectivity index (χ3n) is 4.07. The van der Waals surface area contributed by atoms with E-state index in [1.807, 2.05) is 17.7 Å². The van der Waals surface area contributed by atoms with Gasteiger partial charge >= 0.3 is 0 Å². The van der Waals surface area contributed by atoms with E-state index in [9.17, 15) is 0 Å². The van der Waals surface area contributed by atoms with Gasteiger partial charge in [-0.25, -0.2) is 4.68 Å². The molecule has 1 aliphatic rings. The molecule has 0 saturated carbocycles. The van der Waals surface area contributed by atoms with E-state index in [4.69, 9.17) is 10.5 Å². The fourth-order valence-corrected chi connectivity index (χ4v) is 2.83. The second-order valence-corrected chi connectivity index (χ2v) is 5.79. The van der Waals surface area contributed by atoms with Crippen LogP contribution in [0.3, 0.4) is 0 Å². The minimum Gasteiger partial charge on any atom is -0.398 e. The summed E-state index contributed by atoms with van der Waals surface area (Å²) in [5.74, 6) is 1.26. The van der Waals surface area contributed by atoms with Gasteiger partial charge in [0.05, 0.1) is 13.2 Å². The summed E-state index contributed by atoms with van der Waals surface area (Å²) in [4.78, 5) is 0. The Morgan fingerprint density at radius 1 is 1.33 bits per heavy atom. The maximum Gasteiger partial charge on any atom is 0.182 e. The van der Waals surface area contributed by atoms with Crippen molar-refractivity contribution < 1.29 is 4.74 Å². The Balaban J connectivity index is 1.89. The SMILES string of the molecule is Cc1cc(C)c(-c2nnnn2CC2CCCOC2)cc1N. The first kappa shape index (κ1) is 14.0. The fraction of sp³-hybridized carbons (Fsp3) is 0.533. The number of nitrogens with two attached hydrogens (primary N) is 1. The third-order valence-corrected chi connectivity index (χ3v) is 4.07. The first-order valence-electron chi connectivity index (χ1n) is 7.36. The minimum atomic E-state index is 0.476. The molecule has 6 heteroatoms. The number of aryl methyl sites for hydroxylation is 2. The number of rotatable bonds is 3. The Kier molecular flexibility index (Phi) is 3.88. The predicted octanol–water partition coefficient (Wildman–Crippen LogP) is 1.97. The van der Waals surface area contributed by atoms with Gasteiger partial charge in [0.1, 0.15) is 0 Å². The highest BCUT2D eigenvalue weighted by atomic mass is 16.5. The van der Waals surface area contributed by atoms with Crippen LogP contribution >= 0.6 is 0 Å². The molecule has 1 aliphatic heterocycles. The van der Waals surface area contributed by atoms with Crippen molar-refractivity contribution in [2.24, 2.45) is 5.92 Å². The summed E-state index contributed by atoms with van der Waals surface area (Å²) in [7, 11) is 0. The fourth-order valence-electron chi connectivity index (χ4n) is 2.83. The highest BCUT2D eigenvalue weighted by Crippen LogP contribution is 2.27. The van der Waals surface area contributed by atoms with Crippen molar-refractivity contribution >= 4 is 5.69 Å². The summed E-state index contributed by atoms with van der Waals surface area (Å²) < 4.78 is 7.40. The molecule has 0 radical (unpaired) electrons. The number of tetrazole rings is 1. The van der Waals surface area contributed by atoms with Crippen molar-refractivity contribution in [3.05, 3.63) is 23.3 Å². The van der Waals surface area contributed by atoms with E-state index in [1.165, 1.54) is 0 Å². The van der Waals surface area contributed by atoms with Gasteiger partial charge in [0, 0.05) is 23.8 Å².